The van der Waals surface area contributed by atoms with Gasteiger partial charge in [0.15, 0.2) is 0 Å². The second kappa shape index (κ2) is 8.30. The number of thioether (sulfide) groups is 1. The molecule has 3 amide bonds. The molecular formula is C16H16N2O4S. The van der Waals surface area contributed by atoms with Gasteiger partial charge in [-0.1, -0.05) is 42.5 Å². The zero-order valence-electron chi connectivity index (χ0n) is 12.3. The average Bonchev–Trinajstić information content (AvgIpc) is 2.81. The van der Waals surface area contributed by atoms with Gasteiger partial charge in [-0.3, -0.25) is 19.3 Å². The van der Waals surface area contributed by atoms with E-state index in [1.807, 2.05) is 36.4 Å². The lowest BCUT2D eigenvalue weighted by atomic mass is 10.2. The number of benzene rings is 1. The van der Waals surface area contributed by atoms with Gasteiger partial charge in [0.2, 0.25) is 5.91 Å². The highest BCUT2D eigenvalue weighted by atomic mass is 32.2. The van der Waals surface area contributed by atoms with Crippen LogP contribution >= 0.6 is 11.8 Å². The fourth-order valence-electron chi connectivity index (χ4n) is 1.86. The lowest BCUT2D eigenvalue weighted by Gasteiger charge is -2.11. The summed E-state index contributed by atoms with van der Waals surface area (Å²) < 4.78 is 0. The molecule has 1 aliphatic heterocycles. The normalized spacial score (nSPS) is 16.6. The Morgan fingerprint density at radius 3 is 2.70 bits per heavy atom. The lowest BCUT2D eigenvalue weighted by molar-refractivity contribution is -0.129. The predicted molar refractivity (Wildman–Crippen MR) is 88.4 cm³/mol. The van der Waals surface area contributed by atoms with Gasteiger partial charge >= 0.3 is 0 Å². The van der Waals surface area contributed by atoms with Crippen LogP contribution in [-0.4, -0.2) is 46.8 Å². The molecule has 0 aromatic heterocycles. The number of allylic oxidation sites excluding steroid dienone is 2. The molecule has 0 spiro atoms. The molecule has 2 rings (SSSR count). The van der Waals surface area contributed by atoms with Crippen LogP contribution in [0.1, 0.15) is 5.56 Å². The molecular weight excluding hydrogens is 316 g/mol. The maximum Gasteiger partial charge on any atom is 0.294 e. The molecule has 0 saturated carbocycles. The van der Waals surface area contributed by atoms with Crippen molar-refractivity contribution >= 4 is 34.9 Å². The highest BCUT2D eigenvalue weighted by molar-refractivity contribution is 8.18. The van der Waals surface area contributed by atoms with Gasteiger partial charge in [0.05, 0.1) is 11.5 Å². The van der Waals surface area contributed by atoms with E-state index in [1.165, 1.54) is 0 Å². The van der Waals surface area contributed by atoms with E-state index in [2.05, 4.69) is 5.32 Å². The van der Waals surface area contributed by atoms with Crippen molar-refractivity contribution in [1.29, 1.82) is 0 Å². The molecule has 23 heavy (non-hydrogen) atoms. The van der Waals surface area contributed by atoms with Crippen molar-refractivity contribution in [3.63, 3.8) is 0 Å². The molecule has 120 valence electrons. The van der Waals surface area contributed by atoms with Crippen molar-refractivity contribution in [2.45, 2.75) is 0 Å². The summed E-state index contributed by atoms with van der Waals surface area (Å²) >= 11 is 0.801. The number of nitrogens with zero attached hydrogens (tertiary/aromatic N) is 1. The van der Waals surface area contributed by atoms with Crippen molar-refractivity contribution in [2.24, 2.45) is 0 Å². The first-order chi connectivity index (χ1) is 11.1. The van der Waals surface area contributed by atoms with Gasteiger partial charge in [-0.05, 0) is 23.4 Å². The summed E-state index contributed by atoms with van der Waals surface area (Å²) in [5, 5.41) is 10.6. The number of hydrogen-bond donors (Lipinski definition) is 2. The van der Waals surface area contributed by atoms with Crippen LogP contribution in [0.5, 0.6) is 0 Å². The van der Waals surface area contributed by atoms with Crippen molar-refractivity contribution in [3.8, 4) is 0 Å². The number of hydrogen-bond acceptors (Lipinski definition) is 5. The van der Waals surface area contributed by atoms with Crippen LogP contribution in [0.3, 0.4) is 0 Å². The van der Waals surface area contributed by atoms with E-state index >= 15 is 0 Å². The number of aliphatic hydroxyl groups excluding tert-OH is 1. The fraction of sp³-hybridized carbons (Fsp3) is 0.188. The first kappa shape index (κ1) is 17.0. The SMILES string of the molecule is O=C(CN1C(=O)S/C(=C\C=C\c2ccccc2)C1=O)NCCO. The minimum atomic E-state index is -0.489. The van der Waals surface area contributed by atoms with E-state index in [0.717, 1.165) is 22.2 Å². The second-order valence-corrected chi connectivity index (χ2v) is 5.63. The third kappa shape index (κ3) is 4.80. The summed E-state index contributed by atoms with van der Waals surface area (Å²) in [7, 11) is 0. The topological polar surface area (TPSA) is 86.7 Å². The summed E-state index contributed by atoms with van der Waals surface area (Å²) in [6.45, 7) is -0.451. The summed E-state index contributed by atoms with van der Waals surface area (Å²) in [6, 6.07) is 9.55. The van der Waals surface area contributed by atoms with Crippen LogP contribution < -0.4 is 5.32 Å². The monoisotopic (exact) mass is 332 g/mol. The van der Waals surface area contributed by atoms with E-state index in [0.29, 0.717) is 0 Å². The maximum absolute atomic E-state index is 12.1. The number of imide groups is 1. The molecule has 1 aliphatic rings. The zero-order valence-corrected chi connectivity index (χ0v) is 13.1. The Balaban J connectivity index is 1.99. The quantitative estimate of drug-likeness (QED) is 0.769. The molecule has 2 N–H and O–H groups in total. The smallest absolute Gasteiger partial charge is 0.294 e. The van der Waals surface area contributed by atoms with Crippen LogP contribution in [0.2, 0.25) is 0 Å². The molecule has 0 aliphatic carbocycles. The number of nitrogens with one attached hydrogen (secondary N) is 1. The van der Waals surface area contributed by atoms with Crippen LogP contribution in [0, 0.1) is 0 Å². The minimum Gasteiger partial charge on any atom is -0.395 e. The van der Waals surface area contributed by atoms with Gasteiger partial charge < -0.3 is 10.4 Å². The Bertz CT molecular complexity index is 655. The van der Waals surface area contributed by atoms with E-state index in [4.69, 9.17) is 5.11 Å². The van der Waals surface area contributed by atoms with Crippen molar-refractivity contribution < 1.29 is 19.5 Å². The van der Waals surface area contributed by atoms with Crippen LogP contribution in [0.25, 0.3) is 6.08 Å². The van der Waals surface area contributed by atoms with Gasteiger partial charge in [0, 0.05) is 6.54 Å². The number of amides is 3. The van der Waals surface area contributed by atoms with Crippen LogP contribution in [0.4, 0.5) is 4.79 Å². The van der Waals surface area contributed by atoms with Crippen LogP contribution in [0.15, 0.2) is 47.4 Å². The Kier molecular flexibility index (Phi) is 6.13. The predicted octanol–water partition coefficient (Wildman–Crippen LogP) is 1.39. The lowest BCUT2D eigenvalue weighted by Crippen LogP contribution is -2.40. The largest absolute Gasteiger partial charge is 0.395 e. The van der Waals surface area contributed by atoms with Gasteiger partial charge in [-0.2, -0.15) is 0 Å². The van der Waals surface area contributed by atoms with Gasteiger partial charge in [0.1, 0.15) is 6.54 Å². The summed E-state index contributed by atoms with van der Waals surface area (Å²) in [4.78, 5) is 36.6. The van der Waals surface area contributed by atoms with Crippen molar-refractivity contribution in [1.82, 2.24) is 10.2 Å². The molecule has 0 radical (unpaired) electrons. The summed E-state index contributed by atoms with van der Waals surface area (Å²) in [5.41, 5.74) is 0.978. The van der Waals surface area contributed by atoms with Crippen molar-refractivity contribution in [2.75, 3.05) is 19.7 Å². The standard InChI is InChI=1S/C16H16N2O4S/c19-10-9-17-14(20)11-18-15(21)13(23-16(18)22)8-4-7-12-5-2-1-3-6-12/h1-8,19H,9-11H2,(H,17,20)/b7-4+,13-8-. The molecule has 0 bridgehead atoms. The van der Waals surface area contributed by atoms with E-state index < -0.39 is 17.1 Å². The molecule has 1 aromatic rings. The molecule has 0 atom stereocenters. The van der Waals surface area contributed by atoms with Gasteiger partial charge in [-0.15, -0.1) is 0 Å². The third-order valence-corrected chi connectivity index (χ3v) is 3.87. The fourth-order valence-corrected chi connectivity index (χ4v) is 2.65. The molecule has 1 saturated heterocycles. The number of rotatable bonds is 6. The Morgan fingerprint density at radius 2 is 2.00 bits per heavy atom. The Morgan fingerprint density at radius 1 is 1.26 bits per heavy atom. The second-order valence-electron chi connectivity index (χ2n) is 4.63. The Labute approximate surface area is 137 Å². The molecule has 6 nitrogen and oxygen atoms in total. The van der Waals surface area contributed by atoms with Gasteiger partial charge in [0.25, 0.3) is 11.1 Å². The highest BCUT2D eigenvalue weighted by Gasteiger charge is 2.35. The highest BCUT2D eigenvalue weighted by Crippen LogP contribution is 2.30. The van der Waals surface area contributed by atoms with E-state index in [-0.39, 0.29) is 24.6 Å². The molecule has 1 fully saturated rings. The maximum atomic E-state index is 12.1. The van der Waals surface area contributed by atoms with Crippen molar-refractivity contribution in [3.05, 3.63) is 53.0 Å². The van der Waals surface area contributed by atoms with E-state index in [1.54, 1.807) is 12.2 Å². The molecule has 0 unspecified atom stereocenters. The minimum absolute atomic E-state index is 0.0880. The molecule has 1 aromatic carbocycles. The van der Waals surface area contributed by atoms with Crippen LogP contribution in [-0.2, 0) is 9.59 Å². The van der Waals surface area contributed by atoms with Gasteiger partial charge in [-0.25, -0.2) is 0 Å². The first-order valence-electron chi connectivity index (χ1n) is 6.96. The third-order valence-electron chi connectivity index (χ3n) is 2.95. The average molecular weight is 332 g/mol. The number of aliphatic hydroxyl groups is 1. The first-order valence-corrected chi connectivity index (χ1v) is 7.78. The summed E-state index contributed by atoms with van der Waals surface area (Å²) in [5.74, 6) is -0.973. The molecule has 7 heteroatoms. The Hall–Kier alpha value is -2.38. The number of carbonyl (C=O) groups is 3. The summed E-state index contributed by atoms with van der Waals surface area (Å²) in [6.07, 6.45) is 5.07. The zero-order chi connectivity index (χ0) is 16.7. The number of carbonyl (C=O) groups excluding carboxylic acids is 3. The van der Waals surface area contributed by atoms with E-state index in [9.17, 15) is 14.4 Å². The molecule has 1 heterocycles.